The lowest BCUT2D eigenvalue weighted by Gasteiger charge is -2.22. The average molecular weight is 349 g/mol. The molecule has 0 saturated carbocycles. The molecule has 0 aliphatic carbocycles. The maximum absolute atomic E-state index is 5.97. The summed E-state index contributed by atoms with van der Waals surface area (Å²) in [5.41, 5.74) is 2.53. The summed E-state index contributed by atoms with van der Waals surface area (Å²) in [6.07, 6.45) is 0. The number of hydrazone groups is 1. The van der Waals surface area contributed by atoms with Crippen LogP contribution < -0.4 is 5.01 Å². The van der Waals surface area contributed by atoms with Gasteiger partial charge in [0.1, 0.15) is 4.99 Å². The van der Waals surface area contributed by atoms with Crippen LogP contribution in [0, 0.1) is 5.41 Å². The molecule has 1 aliphatic rings. The quantitative estimate of drug-likeness (QED) is 0.659. The zero-order chi connectivity index (χ0) is 15.9. The Morgan fingerprint density at radius 2 is 1.41 bits per heavy atom. The van der Waals surface area contributed by atoms with Gasteiger partial charge in [-0.05, 0) is 55.8 Å². The molecule has 0 radical (unpaired) electrons. The minimum Gasteiger partial charge on any atom is -0.226 e. The Morgan fingerprint density at radius 1 is 0.909 bits per heavy atom. The average Bonchev–Trinajstić information content (AvgIpc) is 2.72. The molecule has 0 bridgehead atoms. The van der Waals surface area contributed by atoms with Crippen molar-refractivity contribution in [3.63, 3.8) is 0 Å². The van der Waals surface area contributed by atoms with Gasteiger partial charge < -0.3 is 0 Å². The Bertz CT molecular complexity index is 749. The minimum atomic E-state index is -0.331. The number of hydrogen-bond acceptors (Lipinski definition) is 2. The Labute approximate surface area is 145 Å². The van der Waals surface area contributed by atoms with E-state index in [0.29, 0.717) is 10.0 Å². The standard InChI is InChI=1S/C17H14Cl2N2S/c1-17(2)15(11-3-5-12(18)6-4-11)20-21(16(17)22)14-9-7-13(19)8-10-14/h3-10H,1-2H3. The first-order chi connectivity index (χ1) is 10.4. The minimum absolute atomic E-state index is 0.331. The lowest BCUT2D eigenvalue weighted by atomic mass is 9.84. The van der Waals surface area contributed by atoms with Crippen molar-refractivity contribution in [2.45, 2.75) is 13.8 Å². The van der Waals surface area contributed by atoms with Gasteiger partial charge in [-0.2, -0.15) is 5.10 Å². The lowest BCUT2D eigenvalue weighted by Crippen LogP contribution is -2.33. The van der Waals surface area contributed by atoms with Gasteiger partial charge in [0.15, 0.2) is 0 Å². The molecule has 2 aromatic carbocycles. The SMILES string of the molecule is CC1(C)C(=S)N(c2ccc(Cl)cc2)N=C1c1ccc(Cl)cc1. The van der Waals surface area contributed by atoms with E-state index < -0.39 is 0 Å². The predicted octanol–water partition coefficient (Wildman–Crippen LogP) is 5.57. The van der Waals surface area contributed by atoms with E-state index in [9.17, 15) is 0 Å². The third kappa shape index (κ3) is 2.65. The largest absolute Gasteiger partial charge is 0.226 e. The zero-order valence-corrected chi connectivity index (χ0v) is 14.5. The van der Waals surface area contributed by atoms with Crippen LogP contribution in [-0.2, 0) is 0 Å². The summed E-state index contributed by atoms with van der Waals surface area (Å²) in [6.45, 7) is 4.16. The van der Waals surface area contributed by atoms with E-state index in [0.717, 1.165) is 22.0 Å². The fraction of sp³-hybridized carbons (Fsp3) is 0.176. The van der Waals surface area contributed by atoms with Crippen LogP contribution in [0.15, 0.2) is 53.6 Å². The van der Waals surface area contributed by atoms with Crippen molar-refractivity contribution in [1.29, 1.82) is 0 Å². The van der Waals surface area contributed by atoms with E-state index >= 15 is 0 Å². The molecule has 0 spiro atoms. The van der Waals surface area contributed by atoms with Crippen LogP contribution in [0.1, 0.15) is 19.4 Å². The maximum atomic E-state index is 5.97. The maximum Gasteiger partial charge on any atom is 0.117 e. The normalized spacial score (nSPS) is 16.8. The molecule has 5 heteroatoms. The number of thiocarbonyl (C=S) groups is 1. The third-order valence-corrected chi connectivity index (χ3v) is 4.90. The summed E-state index contributed by atoms with van der Waals surface area (Å²) < 4.78 is 0. The van der Waals surface area contributed by atoms with E-state index in [1.54, 1.807) is 5.01 Å². The summed E-state index contributed by atoms with van der Waals surface area (Å²) >= 11 is 17.6. The molecular formula is C17H14Cl2N2S. The predicted molar refractivity (Wildman–Crippen MR) is 98.3 cm³/mol. The summed E-state index contributed by atoms with van der Waals surface area (Å²) in [6, 6.07) is 15.2. The number of benzene rings is 2. The van der Waals surface area contributed by atoms with Crippen LogP contribution >= 0.6 is 35.4 Å². The Balaban J connectivity index is 2.05. The topological polar surface area (TPSA) is 15.6 Å². The van der Waals surface area contributed by atoms with Crippen molar-refractivity contribution >= 4 is 51.8 Å². The molecule has 1 heterocycles. The summed E-state index contributed by atoms with van der Waals surface area (Å²) in [4.78, 5) is 0.764. The van der Waals surface area contributed by atoms with Crippen LogP contribution in [0.2, 0.25) is 10.0 Å². The first-order valence-corrected chi connectivity index (χ1v) is 8.01. The van der Waals surface area contributed by atoms with Crippen LogP contribution in [-0.4, -0.2) is 10.7 Å². The highest BCUT2D eigenvalue weighted by Crippen LogP contribution is 2.36. The molecule has 0 fully saturated rings. The van der Waals surface area contributed by atoms with Gasteiger partial charge in [0.2, 0.25) is 0 Å². The smallest absolute Gasteiger partial charge is 0.117 e. The number of anilines is 1. The lowest BCUT2D eigenvalue weighted by molar-refractivity contribution is 0.751. The van der Waals surface area contributed by atoms with Gasteiger partial charge in [0, 0.05) is 10.0 Å². The number of nitrogens with zero attached hydrogens (tertiary/aromatic N) is 2. The van der Waals surface area contributed by atoms with E-state index in [1.165, 1.54) is 0 Å². The van der Waals surface area contributed by atoms with Crippen LogP contribution in [0.5, 0.6) is 0 Å². The van der Waals surface area contributed by atoms with Crippen molar-refractivity contribution in [2.75, 3.05) is 5.01 Å². The van der Waals surface area contributed by atoms with Gasteiger partial charge in [-0.1, -0.05) is 47.6 Å². The summed E-state index contributed by atoms with van der Waals surface area (Å²) in [7, 11) is 0. The van der Waals surface area contributed by atoms with E-state index in [-0.39, 0.29) is 5.41 Å². The highest BCUT2D eigenvalue weighted by molar-refractivity contribution is 7.80. The van der Waals surface area contributed by atoms with Crippen molar-refractivity contribution in [3.8, 4) is 0 Å². The van der Waals surface area contributed by atoms with Crippen LogP contribution in [0.25, 0.3) is 0 Å². The first kappa shape index (κ1) is 15.5. The highest BCUT2D eigenvalue weighted by atomic mass is 35.5. The fourth-order valence-corrected chi connectivity index (χ4v) is 2.91. The molecule has 2 nitrogen and oxygen atoms in total. The molecule has 112 valence electrons. The molecule has 0 aromatic heterocycles. The molecular weight excluding hydrogens is 335 g/mol. The molecule has 0 atom stereocenters. The van der Waals surface area contributed by atoms with E-state index in [2.05, 4.69) is 13.8 Å². The Kier molecular flexibility index (Phi) is 3.98. The monoisotopic (exact) mass is 348 g/mol. The second-order valence-electron chi connectivity index (χ2n) is 5.67. The van der Waals surface area contributed by atoms with E-state index in [1.807, 2.05) is 48.5 Å². The van der Waals surface area contributed by atoms with Crippen LogP contribution in [0.3, 0.4) is 0 Å². The van der Waals surface area contributed by atoms with Crippen molar-refractivity contribution in [3.05, 3.63) is 64.1 Å². The molecule has 0 unspecified atom stereocenters. The van der Waals surface area contributed by atoms with Gasteiger partial charge in [-0.25, -0.2) is 5.01 Å². The van der Waals surface area contributed by atoms with Gasteiger partial charge in [0.05, 0.1) is 16.8 Å². The second kappa shape index (κ2) is 5.65. The molecule has 3 rings (SSSR count). The fourth-order valence-electron chi connectivity index (χ4n) is 2.42. The molecule has 2 aromatic rings. The van der Waals surface area contributed by atoms with Gasteiger partial charge >= 0.3 is 0 Å². The molecule has 1 aliphatic heterocycles. The van der Waals surface area contributed by atoms with Gasteiger partial charge in [0.25, 0.3) is 0 Å². The van der Waals surface area contributed by atoms with Crippen molar-refractivity contribution < 1.29 is 0 Å². The van der Waals surface area contributed by atoms with Gasteiger partial charge in [-0.15, -0.1) is 0 Å². The van der Waals surface area contributed by atoms with Gasteiger partial charge in [-0.3, -0.25) is 0 Å². The van der Waals surface area contributed by atoms with E-state index in [4.69, 9.17) is 40.5 Å². The third-order valence-electron chi connectivity index (χ3n) is 3.71. The highest BCUT2D eigenvalue weighted by Gasteiger charge is 2.41. The molecule has 0 saturated heterocycles. The molecule has 0 N–H and O–H groups in total. The van der Waals surface area contributed by atoms with Crippen molar-refractivity contribution in [1.82, 2.24) is 0 Å². The summed E-state index contributed by atoms with van der Waals surface area (Å²) in [5, 5.41) is 7.94. The number of rotatable bonds is 2. The van der Waals surface area contributed by atoms with Crippen LogP contribution in [0.4, 0.5) is 5.69 Å². The number of hydrogen-bond donors (Lipinski definition) is 0. The second-order valence-corrected chi connectivity index (χ2v) is 6.93. The Morgan fingerprint density at radius 3 is 1.95 bits per heavy atom. The zero-order valence-electron chi connectivity index (χ0n) is 12.2. The first-order valence-electron chi connectivity index (χ1n) is 6.85. The number of halogens is 2. The molecule has 0 amide bonds. The van der Waals surface area contributed by atoms with Crippen molar-refractivity contribution in [2.24, 2.45) is 10.5 Å². The Hall–Kier alpha value is -1.42. The molecule has 22 heavy (non-hydrogen) atoms. The summed E-state index contributed by atoms with van der Waals surface area (Å²) in [5.74, 6) is 0.